The Morgan fingerprint density at radius 3 is 2.21 bits per heavy atom. The lowest BCUT2D eigenvalue weighted by molar-refractivity contribution is 0.101. The third-order valence-electron chi connectivity index (χ3n) is 4.11. The number of hydrogen-bond donors (Lipinski definition) is 0. The summed E-state index contributed by atoms with van der Waals surface area (Å²) in [5.41, 5.74) is 4.51. The van der Waals surface area contributed by atoms with E-state index in [1.54, 1.807) is 14.0 Å². The summed E-state index contributed by atoms with van der Waals surface area (Å²) in [7, 11) is 1.64. The summed E-state index contributed by atoms with van der Waals surface area (Å²) in [6.45, 7) is 3.56. The number of methoxy groups -OCH3 is 1. The van der Waals surface area contributed by atoms with Gasteiger partial charge in [0.25, 0.3) is 0 Å². The Kier molecular flexibility index (Phi) is 4.45. The molecule has 0 bridgehead atoms. The van der Waals surface area contributed by atoms with Gasteiger partial charge in [-0.2, -0.15) is 0 Å². The molecule has 2 aromatic carbocycles. The van der Waals surface area contributed by atoms with Gasteiger partial charge in [-0.1, -0.05) is 23.7 Å². The molecule has 0 fully saturated rings. The number of rotatable bonds is 4. The maximum absolute atomic E-state index is 12.2. The molecule has 3 aromatic rings. The quantitative estimate of drug-likeness (QED) is 0.602. The van der Waals surface area contributed by atoms with Gasteiger partial charge in [0, 0.05) is 33.7 Å². The Bertz CT molecular complexity index is 877. The van der Waals surface area contributed by atoms with Gasteiger partial charge in [0.05, 0.1) is 7.11 Å². The van der Waals surface area contributed by atoms with Gasteiger partial charge < -0.3 is 9.30 Å². The van der Waals surface area contributed by atoms with Gasteiger partial charge in [0.15, 0.2) is 5.78 Å². The second-order valence-electron chi connectivity index (χ2n) is 5.63. The highest BCUT2D eigenvalue weighted by molar-refractivity contribution is 6.30. The van der Waals surface area contributed by atoms with Crippen molar-refractivity contribution in [3.8, 4) is 22.6 Å². The van der Waals surface area contributed by atoms with E-state index < -0.39 is 0 Å². The smallest absolute Gasteiger partial charge is 0.162 e. The number of hydrogen-bond acceptors (Lipinski definition) is 2. The summed E-state index contributed by atoms with van der Waals surface area (Å²) in [6, 6.07) is 15.3. The van der Waals surface area contributed by atoms with E-state index in [4.69, 9.17) is 16.3 Å². The van der Waals surface area contributed by atoms with Crippen molar-refractivity contribution in [1.82, 2.24) is 4.57 Å². The van der Waals surface area contributed by atoms with Crippen LogP contribution in [0.1, 0.15) is 23.0 Å². The number of benzene rings is 2. The summed E-state index contributed by atoms with van der Waals surface area (Å²) in [4.78, 5) is 12.2. The predicted molar refractivity (Wildman–Crippen MR) is 97.5 cm³/mol. The molecule has 1 aromatic heterocycles. The molecule has 0 saturated carbocycles. The summed E-state index contributed by atoms with van der Waals surface area (Å²) in [5.74, 6) is 0.845. The molecule has 0 aliphatic carbocycles. The van der Waals surface area contributed by atoms with Gasteiger partial charge in [-0.3, -0.25) is 4.79 Å². The van der Waals surface area contributed by atoms with Crippen LogP contribution in [0.3, 0.4) is 0 Å². The van der Waals surface area contributed by atoms with E-state index in [1.807, 2.05) is 66.2 Å². The Morgan fingerprint density at radius 1 is 1.04 bits per heavy atom. The lowest BCUT2D eigenvalue weighted by Gasteiger charge is -2.07. The highest BCUT2D eigenvalue weighted by atomic mass is 35.5. The number of nitrogens with zero attached hydrogens (tertiary/aromatic N) is 1. The maximum Gasteiger partial charge on any atom is 0.162 e. The van der Waals surface area contributed by atoms with Crippen LogP contribution >= 0.6 is 11.6 Å². The van der Waals surface area contributed by atoms with Crippen molar-refractivity contribution in [2.24, 2.45) is 0 Å². The molecular weight excluding hydrogens is 322 g/mol. The van der Waals surface area contributed by atoms with Crippen LogP contribution in [-0.4, -0.2) is 17.5 Å². The van der Waals surface area contributed by atoms with Crippen molar-refractivity contribution >= 4 is 17.4 Å². The highest BCUT2D eigenvalue weighted by Crippen LogP contribution is 2.31. The van der Waals surface area contributed by atoms with E-state index in [1.165, 1.54) is 0 Å². The molecule has 4 heteroatoms. The number of Topliss-reactive ketones (excluding diaryl/α,β-unsaturated/α-hetero) is 1. The van der Waals surface area contributed by atoms with Crippen LogP contribution in [-0.2, 0) is 0 Å². The van der Waals surface area contributed by atoms with Crippen molar-refractivity contribution < 1.29 is 9.53 Å². The van der Waals surface area contributed by atoms with Crippen LogP contribution < -0.4 is 4.74 Å². The molecule has 0 amide bonds. The molecule has 0 radical (unpaired) electrons. The zero-order valence-corrected chi connectivity index (χ0v) is 14.6. The number of carbonyl (C=O) groups excluding carboxylic acids is 1. The Balaban J connectivity index is 2.16. The zero-order chi connectivity index (χ0) is 17.3. The van der Waals surface area contributed by atoms with E-state index in [9.17, 15) is 4.79 Å². The average molecular weight is 340 g/mol. The van der Waals surface area contributed by atoms with E-state index in [-0.39, 0.29) is 5.78 Å². The Morgan fingerprint density at radius 2 is 1.67 bits per heavy atom. The zero-order valence-electron chi connectivity index (χ0n) is 13.8. The monoisotopic (exact) mass is 339 g/mol. The maximum atomic E-state index is 12.2. The molecule has 0 aliphatic rings. The van der Waals surface area contributed by atoms with Gasteiger partial charge in [-0.25, -0.2) is 0 Å². The van der Waals surface area contributed by atoms with Crippen LogP contribution in [0.5, 0.6) is 5.75 Å². The lowest BCUT2D eigenvalue weighted by atomic mass is 10.0. The van der Waals surface area contributed by atoms with E-state index in [0.29, 0.717) is 5.02 Å². The predicted octanol–water partition coefficient (Wildman–Crippen LogP) is 5.32. The van der Waals surface area contributed by atoms with Crippen LogP contribution in [0.25, 0.3) is 16.8 Å². The third kappa shape index (κ3) is 2.95. The topological polar surface area (TPSA) is 31.2 Å². The molecule has 0 saturated heterocycles. The Hall–Kier alpha value is -2.52. The molecular formula is C20H18ClNO2. The van der Waals surface area contributed by atoms with E-state index in [0.717, 1.165) is 33.8 Å². The van der Waals surface area contributed by atoms with Crippen LogP contribution in [0.2, 0.25) is 5.02 Å². The molecule has 0 aliphatic heterocycles. The minimum Gasteiger partial charge on any atom is -0.497 e. The molecule has 122 valence electrons. The number of halogens is 1. The number of ketones is 1. The first-order chi connectivity index (χ1) is 11.5. The van der Waals surface area contributed by atoms with E-state index >= 15 is 0 Å². The van der Waals surface area contributed by atoms with E-state index in [2.05, 4.69) is 0 Å². The third-order valence-corrected chi connectivity index (χ3v) is 4.36. The van der Waals surface area contributed by atoms with Crippen LogP contribution in [0, 0.1) is 6.92 Å². The van der Waals surface area contributed by atoms with Crippen molar-refractivity contribution in [3.05, 3.63) is 71.0 Å². The van der Waals surface area contributed by atoms with Crippen LogP contribution in [0.4, 0.5) is 0 Å². The molecule has 0 unspecified atom stereocenters. The number of carbonyl (C=O) groups is 1. The largest absolute Gasteiger partial charge is 0.497 e. The summed E-state index contributed by atoms with van der Waals surface area (Å²) >= 11 is 5.98. The molecule has 3 rings (SSSR count). The normalized spacial score (nSPS) is 10.7. The first-order valence-electron chi connectivity index (χ1n) is 7.64. The van der Waals surface area contributed by atoms with Gasteiger partial charge in [0.1, 0.15) is 5.75 Å². The standard InChI is InChI=1S/C20H18ClNO2/c1-13-20(14(2)23)19(15-4-6-16(21)7-5-15)12-22(13)17-8-10-18(24-3)11-9-17/h4-12H,1-3H3. The van der Waals surface area contributed by atoms with Crippen LogP contribution in [0.15, 0.2) is 54.7 Å². The summed E-state index contributed by atoms with van der Waals surface area (Å²) < 4.78 is 7.23. The van der Waals surface area contributed by atoms with Gasteiger partial charge >= 0.3 is 0 Å². The summed E-state index contributed by atoms with van der Waals surface area (Å²) in [6.07, 6.45) is 2.00. The van der Waals surface area contributed by atoms with Crippen molar-refractivity contribution in [2.45, 2.75) is 13.8 Å². The fourth-order valence-electron chi connectivity index (χ4n) is 2.91. The SMILES string of the molecule is COc1ccc(-n2cc(-c3ccc(Cl)cc3)c(C(C)=O)c2C)cc1. The van der Waals surface area contributed by atoms with Gasteiger partial charge in [-0.05, 0) is 55.8 Å². The molecule has 3 nitrogen and oxygen atoms in total. The van der Waals surface area contributed by atoms with Gasteiger partial charge in [0.2, 0.25) is 0 Å². The Labute approximate surface area is 146 Å². The number of aromatic nitrogens is 1. The fraction of sp³-hybridized carbons (Fsp3) is 0.150. The van der Waals surface area contributed by atoms with Crippen molar-refractivity contribution in [3.63, 3.8) is 0 Å². The molecule has 24 heavy (non-hydrogen) atoms. The van der Waals surface area contributed by atoms with Gasteiger partial charge in [-0.15, -0.1) is 0 Å². The summed E-state index contributed by atoms with van der Waals surface area (Å²) in [5, 5.41) is 0.675. The molecule has 0 atom stereocenters. The molecule has 1 heterocycles. The second-order valence-corrected chi connectivity index (χ2v) is 6.07. The minimum absolute atomic E-state index is 0.0460. The fourth-order valence-corrected chi connectivity index (χ4v) is 3.04. The average Bonchev–Trinajstić information content (AvgIpc) is 2.93. The molecule has 0 spiro atoms. The lowest BCUT2D eigenvalue weighted by Crippen LogP contribution is -1.99. The van der Waals surface area contributed by atoms with Crippen molar-refractivity contribution in [1.29, 1.82) is 0 Å². The first kappa shape index (κ1) is 16.3. The highest BCUT2D eigenvalue weighted by Gasteiger charge is 2.18. The second kappa shape index (κ2) is 6.54. The minimum atomic E-state index is 0.0460. The first-order valence-corrected chi connectivity index (χ1v) is 8.02. The molecule has 0 N–H and O–H groups in total. The van der Waals surface area contributed by atoms with Crippen molar-refractivity contribution in [2.75, 3.05) is 7.11 Å². The number of ether oxygens (including phenoxy) is 1.